The van der Waals surface area contributed by atoms with Gasteiger partial charge in [-0.1, -0.05) is 12.1 Å². The number of nitrogens with zero attached hydrogens (tertiary/aromatic N) is 3. The molecule has 1 aromatic carbocycles. The van der Waals surface area contributed by atoms with Crippen molar-refractivity contribution < 1.29 is 13.9 Å². The lowest BCUT2D eigenvalue weighted by Crippen LogP contribution is -2.10. The zero-order valence-corrected chi connectivity index (χ0v) is 13.3. The maximum Gasteiger partial charge on any atom is 0.291 e. The van der Waals surface area contributed by atoms with E-state index in [9.17, 15) is 4.79 Å². The van der Waals surface area contributed by atoms with E-state index >= 15 is 0 Å². The summed E-state index contributed by atoms with van der Waals surface area (Å²) in [4.78, 5) is 16.6. The van der Waals surface area contributed by atoms with Crippen LogP contribution in [0.25, 0.3) is 16.9 Å². The van der Waals surface area contributed by atoms with Crippen LogP contribution in [0, 0.1) is 0 Å². The molecule has 0 saturated carbocycles. The zero-order chi connectivity index (χ0) is 17.2. The van der Waals surface area contributed by atoms with Crippen LogP contribution in [0.1, 0.15) is 10.6 Å². The molecule has 1 N–H and O–H groups in total. The highest BCUT2D eigenvalue weighted by Gasteiger charge is 2.11. The zero-order valence-electron chi connectivity index (χ0n) is 13.3. The van der Waals surface area contributed by atoms with Gasteiger partial charge in [-0.3, -0.25) is 4.79 Å². The van der Waals surface area contributed by atoms with Gasteiger partial charge in [-0.05, 0) is 30.3 Å². The molecule has 0 unspecified atom stereocenters. The number of hydrogen-bond acceptors (Lipinski definition) is 5. The van der Waals surface area contributed by atoms with E-state index in [2.05, 4.69) is 15.4 Å². The SMILES string of the molecule is COc1ccc2nc(-c3cccc(NC(=O)c4ccco4)c3)cn2n1. The minimum Gasteiger partial charge on any atom is -0.480 e. The highest BCUT2D eigenvalue weighted by molar-refractivity contribution is 6.02. The average molecular weight is 334 g/mol. The molecule has 0 saturated heterocycles. The number of carbonyl (C=O) groups is 1. The molecule has 0 aliphatic rings. The molecule has 1 amide bonds. The first-order valence-electron chi connectivity index (χ1n) is 7.59. The lowest BCUT2D eigenvalue weighted by Gasteiger charge is -2.04. The highest BCUT2D eigenvalue weighted by atomic mass is 16.5. The molecular weight excluding hydrogens is 320 g/mol. The van der Waals surface area contributed by atoms with Crippen LogP contribution in [-0.2, 0) is 0 Å². The molecule has 0 aliphatic carbocycles. The molecule has 0 radical (unpaired) electrons. The predicted octanol–water partition coefficient (Wildman–Crippen LogP) is 3.25. The molecule has 0 spiro atoms. The van der Waals surface area contributed by atoms with E-state index in [1.807, 2.05) is 30.5 Å². The van der Waals surface area contributed by atoms with E-state index in [1.54, 1.807) is 35.9 Å². The monoisotopic (exact) mass is 334 g/mol. The number of imidazole rings is 1. The van der Waals surface area contributed by atoms with E-state index < -0.39 is 0 Å². The van der Waals surface area contributed by atoms with Crippen molar-refractivity contribution in [3.8, 4) is 17.1 Å². The second-order valence-corrected chi connectivity index (χ2v) is 5.32. The molecule has 0 atom stereocenters. The molecule has 0 fully saturated rings. The van der Waals surface area contributed by atoms with Crippen LogP contribution in [0.2, 0.25) is 0 Å². The Morgan fingerprint density at radius 2 is 2.12 bits per heavy atom. The molecule has 7 nitrogen and oxygen atoms in total. The number of aromatic nitrogens is 3. The van der Waals surface area contributed by atoms with Crippen LogP contribution in [-0.4, -0.2) is 27.6 Å². The van der Waals surface area contributed by atoms with Crippen molar-refractivity contribution in [1.82, 2.24) is 14.6 Å². The number of furan rings is 1. The minimum absolute atomic E-state index is 0.259. The van der Waals surface area contributed by atoms with Gasteiger partial charge >= 0.3 is 0 Å². The summed E-state index contributed by atoms with van der Waals surface area (Å²) in [6.45, 7) is 0. The van der Waals surface area contributed by atoms with Crippen LogP contribution < -0.4 is 10.1 Å². The van der Waals surface area contributed by atoms with Crippen LogP contribution in [0.3, 0.4) is 0 Å². The van der Waals surface area contributed by atoms with E-state index in [-0.39, 0.29) is 11.7 Å². The standard InChI is InChI=1S/C18H14N4O3/c1-24-17-8-7-16-20-14(11-22(16)21-17)12-4-2-5-13(10-12)19-18(23)15-6-3-9-25-15/h2-11H,1H3,(H,19,23). The van der Waals surface area contributed by atoms with Gasteiger partial charge in [0, 0.05) is 17.3 Å². The van der Waals surface area contributed by atoms with E-state index in [4.69, 9.17) is 9.15 Å². The average Bonchev–Trinajstić information content (AvgIpc) is 3.31. The number of benzene rings is 1. The lowest BCUT2D eigenvalue weighted by molar-refractivity contribution is 0.0996. The fourth-order valence-electron chi connectivity index (χ4n) is 2.47. The van der Waals surface area contributed by atoms with Gasteiger partial charge in [0.1, 0.15) is 0 Å². The summed E-state index contributed by atoms with van der Waals surface area (Å²) in [5, 5.41) is 7.10. The van der Waals surface area contributed by atoms with E-state index in [0.717, 1.165) is 11.3 Å². The number of ether oxygens (including phenoxy) is 1. The Balaban J connectivity index is 1.64. The molecule has 124 valence electrons. The first kappa shape index (κ1) is 14.9. The first-order valence-corrected chi connectivity index (χ1v) is 7.59. The molecule has 3 heterocycles. The summed E-state index contributed by atoms with van der Waals surface area (Å²) in [5.41, 5.74) is 2.97. The summed E-state index contributed by atoms with van der Waals surface area (Å²) in [6.07, 6.45) is 3.27. The Labute approximate surface area is 142 Å². The molecule has 4 aromatic rings. The fraction of sp³-hybridized carbons (Fsp3) is 0.0556. The Morgan fingerprint density at radius 3 is 2.92 bits per heavy atom. The Bertz CT molecular complexity index is 1040. The van der Waals surface area contributed by atoms with E-state index in [0.29, 0.717) is 17.2 Å². The lowest BCUT2D eigenvalue weighted by atomic mass is 10.1. The van der Waals surface area contributed by atoms with Gasteiger partial charge in [0.15, 0.2) is 11.4 Å². The highest BCUT2D eigenvalue weighted by Crippen LogP contribution is 2.23. The third kappa shape index (κ3) is 2.94. The van der Waals surface area contributed by atoms with Crippen molar-refractivity contribution in [2.75, 3.05) is 12.4 Å². The number of hydrogen-bond donors (Lipinski definition) is 1. The second-order valence-electron chi connectivity index (χ2n) is 5.32. The number of fused-ring (bicyclic) bond motifs is 1. The Morgan fingerprint density at radius 1 is 1.20 bits per heavy atom. The maximum atomic E-state index is 12.1. The van der Waals surface area contributed by atoms with Crippen molar-refractivity contribution in [2.45, 2.75) is 0 Å². The summed E-state index contributed by atoms with van der Waals surface area (Å²) >= 11 is 0. The van der Waals surface area contributed by atoms with Crippen molar-refractivity contribution in [3.05, 3.63) is 66.8 Å². The molecule has 0 bridgehead atoms. The Kier molecular flexibility index (Phi) is 3.66. The van der Waals surface area contributed by atoms with Gasteiger partial charge in [-0.15, -0.1) is 5.10 Å². The molecule has 3 aromatic heterocycles. The number of anilines is 1. The minimum atomic E-state index is -0.302. The summed E-state index contributed by atoms with van der Waals surface area (Å²) < 4.78 is 11.9. The topological polar surface area (TPSA) is 81.7 Å². The third-order valence-corrected chi connectivity index (χ3v) is 3.67. The number of methoxy groups -OCH3 is 1. The van der Waals surface area contributed by atoms with Crippen LogP contribution in [0.4, 0.5) is 5.69 Å². The third-order valence-electron chi connectivity index (χ3n) is 3.67. The summed E-state index contributed by atoms with van der Waals surface area (Å²) in [6, 6.07) is 14.3. The molecule has 7 heteroatoms. The molecule has 0 aliphatic heterocycles. The second kappa shape index (κ2) is 6.12. The number of nitrogens with one attached hydrogen (secondary N) is 1. The van der Waals surface area contributed by atoms with Crippen LogP contribution in [0.15, 0.2) is 65.4 Å². The normalized spacial score (nSPS) is 10.8. The van der Waals surface area contributed by atoms with Crippen molar-refractivity contribution in [2.24, 2.45) is 0 Å². The first-order chi connectivity index (χ1) is 12.2. The van der Waals surface area contributed by atoms with Gasteiger partial charge in [-0.25, -0.2) is 9.50 Å². The molecule has 25 heavy (non-hydrogen) atoms. The smallest absolute Gasteiger partial charge is 0.291 e. The van der Waals surface area contributed by atoms with Crippen molar-refractivity contribution >= 4 is 17.2 Å². The van der Waals surface area contributed by atoms with Crippen molar-refractivity contribution in [3.63, 3.8) is 0 Å². The largest absolute Gasteiger partial charge is 0.480 e. The summed E-state index contributed by atoms with van der Waals surface area (Å²) in [7, 11) is 1.57. The maximum absolute atomic E-state index is 12.1. The van der Waals surface area contributed by atoms with Gasteiger partial charge in [0.2, 0.25) is 5.88 Å². The Hall–Kier alpha value is -3.61. The quantitative estimate of drug-likeness (QED) is 0.619. The van der Waals surface area contributed by atoms with Gasteiger partial charge in [-0.2, -0.15) is 0 Å². The van der Waals surface area contributed by atoms with Crippen LogP contribution >= 0.6 is 0 Å². The van der Waals surface area contributed by atoms with Gasteiger partial charge < -0.3 is 14.5 Å². The van der Waals surface area contributed by atoms with Crippen LogP contribution in [0.5, 0.6) is 5.88 Å². The van der Waals surface area contributed by atoms with E-state index in [1.165, 1.54) is 6.26 Å². The predicted molar refractivity (Wildman–Crippen MR) is 91.6 cm³/mol. The number of carbonyl (C=O) groups excluding carboxylic acids is 1. The van der Waals surface area contributed by atoms with Crippen molar-refractivity contribution in [1.29, 1.82) is 0 Å². The number of rotatable bonds is 4. The number of amides is 1. The van der Waals surface area contributed by atoms with Gasteiger partial charge in [0.25, 0.3) is 5.91 Å². The van der Waals surface area contributed by atoms with Gasteiger partial charge in [0.05, 0.1) is 25.3 Å². The summed E-state index contributed by atoms with van der Waals surface area (Å²) in [5.74, 6) is 0.467. The molecule has 4 rings (SSSR count). The fourth-order valence-corrected chi connectivity index (χ4v) is 2.47. The molecular formula is C18H14N4O3.